The van der Waals surface area contributed by atoms with E-state index in [9.17, 15) is 9.59 Å². The lowest BCUT2D eigenvalue weighted by Gasteiger charge is -2.11. The van der Waals surface area contributed by atoms with Crippen LogP contribution >= 0.6 is 46.4 Å². The van der Waals surface area contributed by atoms with Gasteiger partial charge in [0.25, 0.3) is 0 Å². The Balaban J connectivity index is 1.31. The zero-order valence-corrected chi connectivity index (χ0v) is 31.6. The molecular weight excluding hydrogens is 726 g/mol. The molecule has 51 heavy (non-hydrogen) atoms. The van der Waals surface area contributed by atoms with Gasteiger partial charge in [-0.3, -0.25) is 14.7 Å². The fourth-order valence-corrected chi connectivity index (χ4v) is 7.07. The van der Waals surface area contributed by atoms with Crippen LogP contribution in [0, 0.1) is 0 Å². The van der Waals surface area contributed by atoms with Gasteiger partial charge in [-0.25, -0.2) is 4.68 Å². The van der Waals surface area contributed by atoms with Gasteiger partial charge in [0, 0.05) is 22.5 Å². The number of nitrogens with zero attached hydrogens (tertiary/aromatic N) is 3. The summed E-state index contributed by atoms with van der Waals surface area (Å²) in [5.74, 6) is 0.104. The number of hydrogen-bond donors (Lipinski definition) is 3. The number of carbonyl (C=O) groups is 1. The van der Waals surface area contributed by atoms with Gasteiger partial charge in [-0.15, -0.1) is 10.2 Å². The zero-order chi connectivity index (χ0) is 36.2. The number of aromatic nitrogens is 2. The maximum absolute atomic E-state index is 13.9. The van der Waals surface area contributed by atoms with Crippen molar-refractivity contribution in [2.24, 2.45) is 10.2 Å². The molecule has 0 atom stereocenters. The first-order chi connectivity index (χ1) is 24.7. The van der Waals surface area contributed by atoms with Crippen molar-refractivity contribution in [1.29, 1.82) is 0 Å². The van der Waals surface area contributed by atoms with Crippen LogP contribution in [0.5, 0.6) is 0 Å². The second-order valence-electron chi connectivity index (χ2n) is 12.5. The number of rotatable bonds is 18. The number of amides is 1. The number of fused-ring (bicyclic) bond motifs is 1. The highest BCUT2D eigenvalue weighted by molar-refractivity contribution is 6.40. The third-order valence-electron chi connectivity index (χ3n) is 8.61. The van der Waals surface area contributed by atoms with Crippen LogP contribution in [-0.2, 0) is 4.79 Å². The monoisotopic (exact) mass is 766 g/mol. The lowest BCUT2D eigenvalue weighted by molar-refractivity contribution is -0.116. The molecule has 0 saturated heterocycles. The molecular formula is C39H42Cl4N6O2. The predicted octanol–water partition coefficient (Wildman–Crippen LogP) is 13.7. The molecule has 0 fully saturated rings. The van der Waals surface area contributed by atoms with Gasteiger partial charge in [0.05, 0.1) is 26.4 Å². The van der Waals surface area contributed by atoms with Crippen molar-refractivity contribution in [3.63, 3.8) is 0 Å². The molecule has 0 aliphatic carbocycles. The molecule has 12 heteroatoms. The average molecular weight is 769 g/mol. The largest absolute Gasteiger partial charge is 0.337 e. The smallest absolute Gasteiger partial charge is 0.301 e. The van der Waals surface area contributed by atoms with Gasteiger partial charge >= 0.3 is 5.56 Å². The highest BCUT2D eigenvalue weighted by atomic mass is 35.5. The molecule has 268 valence electrons. The molecule has 0 aliphatic heterocycles. The first-order valence-electron chi connectivity index (χ1n) is 17.5. The number of nitrogens with one attached hydrogen (secondary N) is 3. The van der Waals surface area contributed by atoms with E-state index in [1.165, 1.54) is 68.2 Å². The second-order valence-corrected chi connectivity index (χ2v) is 14.2. The topological polar surface area (TPSA) is 104 Å². The number of aromatic amines is 1. The summed E-state index contributed by atoms with van der Waals surface area (Å²) in [6.07, 6.45) is 13.8. The fraction of sp³-hybridized carbons (Fsp3) is 0.333. The van der Waals surface area contributed by atoms with Crippen molar-refractivity contribution >= 4 is 91.7 Å². The minimum absolute atomic E-state index is 0.0491. The van der Waals surface area contributed by atoms with Crippen molar-refractivity contribution < 1.29 is 4.79 Å². The van der Waals surface area contributed by atoms with Gasteiger partial charge in [0.1, 0.15) is 5.69 Å². The third kappa shape index (κ3) is 10.6. The number of H-pyrrole nitrogens is 1. The van der Waals surface area contributed by atoms with Gasteiger partial charge < -0.3 is 10.6 Å². The van der Waals surface area contributed by atoms with Gasteiger partial charge in [-0.05, 0) is 48.2 Å². The number of benzene rings is 4. The molecule has 5 aromatic rings. The van der Waals surface area contributed by atoms with E-state index in [4.69, 9.17) is 46.4 Å². The van der Waals surface area contributed by atoms with Crippen LogP contribution in [0.25, 0.3) is 16.5 Å². The lowest BCUT2D eigenvalue weighted by Crippen LogP contribution is -2.15. The van der Waals surface area contributed by atoms with E-state index in [-0.39, 0.29) is 33.1 Å². The molecule has 8 nitrogen and oxygen atoms in total. The number of anilines is 3. The number of halogens is 4. The standard InChI is InChI=1S/C39H42Cl4N6O2/c1-2-3-4-5-6-7-8-9-10-11-12-20-35(50)44-28-21-22-30(41)34(25-28)45-38-36(47-46-33-19-15-17-26-16-13-14-18-29(26)33)39(51)49(48-38)37-31(42)23-27(40)24-32(37)43/h13-19,21-25,45,48H,2-12,20H2,1H3,(H,44,50). The van der Waals surface area contributed by atoms with Crippen molar-refractivity contribution in [3.8, 4) is 5.69 Å². The fourth-order valence-electron chi connectivity index (χ4n) is 5.92. The Kier molecular flexibility index (Phi) is 14.4. The zero-order valence-electron chi connectivity index (χ0n) is 28.6. The Morgan fingerprint density at radius 2 is 1.39 bits per heavy atom. The number of hydrogen-bond acceptors (Lipinski definition) is 5. The van der Waals surface area contributed by atoms with Crippen LogP contribution in [0.2, 0.25) is 20.1 Å². The maximum Gasteiger partial charge on any atom is 0.301 e. The Bertz CT molecular complexity index is 2010. The molecule has 5 rings (SSSR count). The minimum atomic E-state index is -0.569. The van der Waals surface area contributed by atoms with E-state index in [0.717, 1.165) is 30.0 Å². The molecule has 0 bridgehead atoms. The number of carbonyl (C=O) groups excluding carboxylic acids is 1. The van der Waals surface area contributed by atoms with Crippen LogP contribution in [0.15, 0.2) is 87.8 Å². The summed E-state index contributed by atoms with van der Waals surface area (Å²) in [5, 5.41) is 20.8. The predicted molar refractivity (Wildman–Crippen MR) is 214 cm³/mol. The Morgan fingerprint density at radius 1 is 0.745 bits per heavy atom. The van der Waals surface area contributed by atoms with Gasteiger partial charge in [0.2, 0.25) is 5.91 Å². The van der Waals surface area contributed by atoms with Crippen LogP contribution < -0.4 is 16.2 Å². The molecule has 4 aromatic carbocycles. The van der Waals surface area contributed by atoms with Crippen LogP contribution in [0.1, 0.15) is 84.0 Å². The molecule has 1 amide bonds. The summed E-state index contributed by atoms with van der Waals surface area (Å²) < 4.78 is 1.17. The summed E-state index contributed by atoms with van der Waals surface area (Å²) in [6, 6.07) is 21.5. The molecule has 3 N–H and O–H groups in total. The van der Waals surface area contributed by atoms with Crippen LogP contribution in [-0.4, -0.2) is 15.7 Å². The first-order valence-corrected chi connectivity index (χ1v) is 19.0. The van der Waals surface area contributed by atoms with E-state index >= 15 is 0 Å². The van der Waals surface area contributed by atoms with Gasteiger partial charge in [-0.1, -0.05) is 154 Å². The molecule has 0 radical (unpaired) electrons. The van der Waals surface area contributed by atoms with Crippen molar-refractivity contribution in [2.45, 2.75) is 84.0 Å². The second kappa shape index (κ2) is 19.1. The maximum atomic E-state index is 13.9. The number of unbranched alkanes of at least 4 members (excludes halogenated alkanes) is 10. The molecule has 1 heterocycles. The SMILES string of the molecule is CCCCCCCCCCCCCC(=O)Nc1ccc(Cl)c(Nc2[nH]n(-c3c(Cl)cc(Cl)cc3Cl)c(=O)c2N=Nc2cccc3ccccc23)c1. The summed E-state index contributed by atoms with van der Waals surface area (Å²) in [7, 11) is 0. The normalized spacial score (nSPS) is 11.5. The summed E-state index contributed by atoms with van der Waals surface area (Å²) in [4.78, 5) is 26.7. The third-order valence-corrected chi connectivity index (χ3v) is 9.74. The van der Waals surface area contributed by atoms with Crippen LogP contribution in [0.4, 0.5) is 28.6 Å². The highest BCUT2D eigenvalue weighted by Gasteiger charge is 2.21. The number of azo groups is 1. The van der Waals surface area contributed by atoms with E-state index in [2.05, 4.69) is 32.9 Å². The summed E-state index contributed by atoms with van der Waals surface area (Å²) >= 11 is 25.8. The summed E-state index contributed by atoms with van der Waals surface area (Å²) in [6.45, 7) is 2.24. The lowest BCUT2D eigenvalue weighted by atomic mass is 10.1. The summed E-state index contributed by atoms with van der Waals surface area (Å²) in [5.41, 5.74) is 1.13. The Labute approximate surface area is 318 Å². The molecule has 0 unspecified atom stereocenters. The highest BCUT2D eigenvalue weighted by Crippen LogP contribution is 2.36. The van der Waals surface area contributed by atoms with E-state index in [1.807, 2.05) is 42.5 Å². The van der Waals surface area contributed by atoms with Crippen molar-refractivity contribution in [2.75, 3.05) is 10.6 Å². The van der Waals surface area contributed by atoms with Gasteiger partial charge in [0.15, 0.2) is 11.5 Å². The Hall–Kier alpha value is -3.82. The van der Waals surface area contributed by atoms with Crippen LogP contribution in [0.3, 0.4) is 0 Å². The minimum Gasteiger partial charge on any atom is -0.337 e. The molecule has 0 saturated carbocycles. The molecule has 0 spiro atoms. The van der Waals surface area contributed by atoms with E-state index in [1.54, 1.807) is 18.2 Å². The first kappa shape index (κ1) is 38.4. The van der Waals surface area contributed by atoms with Crippen molar-refractivity contribution in [1.82, 2.24) is 9.78 Å². The Morgan fingerprint density at radius 3 is 2.10 bits per heavy atom. The molecule has 1 aromatic heterocycles. The average Bonchev–Trinajstić information content (AvgIpc) is 3.40. The van der Waals surface area contributed by atoms with E-state index < -0.39 is 5.56 Å². The van der Waals surface area contributed by atoms with Crippen molar-refractivity contribution in [3.05, 3.63) is 103 Å². The van der Waals surface area contributed by atoms with Gasteiger partial charge in [-0.2, -0.15) is 0 Å². The molecule has 0 aliphatic rings. The van der Waals surface area contributed by atoms with E-state index in [0.29, 0.717) is 33.5 Å². The quantitative estimate of drug-likeness (QED) is 0.0611.